The molecule has 1 heterocycles. The summed E-state index contributed by atoms with van der Waals surface area (Å²) in [5, 5.41) is 3.25. The highest BCUT2D eigenvalue weighted by Gasteiger charge is 2.01. The van der Waals surface area contributed by atoms with Crippen molar-refractivity contribution < 1.29 is 23.4 Å². The maximum Gasteiger partial charge on any atom is 0.129 e. The van der Waals surface area contributed by atoms with Gasteiger partial charge in [0.15, 0.2) is 0 Å². The van der Waals surface area contributed by atoms with Gasteiger partial charge in [-0.1, -0.05) is 6.92 Å². The van der Waals surface area contributed by atoms with E-state index < -0.39 is 0 Å². The van der Waals surface area contributed by atoms with Crippen molar-refractivity contribution in [3.63, 3.8) is 0 Å². The van der Waals surface area contributed by atoms with Gasteiger partial charge in [0.05, 0.1) is 45.9 Å². The minimum Gasteiger partial charge on any atom is -0.467 e. The van der Waals surface area contributed by atoms with E-state index in [0.717, 1.165) is 24.4 Å². The predicted molar refractivity (Wildman–Crippen MR) is 79.3 cm³/mol. The Morgan fingerprint density at radius 2 is 1.67 bits per heavy atom. The first-order valence-corrected chi connectivity index (χ1v) is 7.36. The van der Waals surface area contributed by atoms with Crippen LogP contribution in [0.1, 0.15) is 18.2 Å². The number of rotatable bonds is 14. The van der Waals surface area contributed by atoms with Crippen molar-refractivity contribution in [3.8, 4) is 0 Å². The SMILES string of the molecule is CCNCc1coc(COCCOCCOCCOC)c1. The van der Waals surface area contributed by atoms with Gasteiger partial charge < -0.3 is 28.7 Å². The lowest BCUT2D eigenvalue weighted by atomic mass is 10.3. The van der Waals surface area contributed by atoms with Gasteiger partial charge in [-0.25, -0.2) is 0 Å². The molecule has 0 unspecified atom stereocenters. The molecular formula is C15H27NO5. The Morgan fingerprint density at radius 1 is 1.00 bits per heavy atom. The van der Waals surface area contributed by atoms with Crippen LogP contribution in [0.2, 0.25) is 0 Å². The van der Waals surface area contributed by atoms with Crippen molar-refractivity contribution in [3.05, 3.63) is 23.7 Å². The van der Waals surface area contributed by atoms with Crippen molar-refractivity contribution in [1.29, 1.82) is 0 Å². The number of hydrogen-bond donors (Lipinski definition) is 1. The van der Waals surface area contributed by atoms with E-state index in [1.807, 2.05) is 6.07 Å². The third-order valence-electron chi connectivity index (χ3n) is 2.71. The van der Waals surface area contributed by atoms with E-state index in [1.165, 1.54) is 0 Å². The summed E-state index contributed by atoms with van der Waals surface area (Å²) in [6.45, 7) is 7.78. The van der Waals surface area contributed by atoms with E-state index in [-0.39, 0.29) is 0 Å². The van der Waals surface area contributed by atoms with E-state index in [0.29, 0.717) is 46.2 Å². The average molecular weight is 301 g/mol. The van der Waals surface area contributed by atoms with Crippen LogP contribution in [0.5, 0.6) is 0 Å². The lowest BCUT2D eigenvalue weighted by molar-refractivity contribution is -0.00125. The second-order valence-corrected chi connectivity index (χ2v) is 4.47. The Morgan fingerprint density at radius 3 is 2.33 bits per heavy atom. The summed E-state index contributed by atoms with van der Waals surface area (Å²) < 4.78 is 26.4. The van der Waals surface area contributed by atoms with Crippen LogP contribution in [-0.4, -0.2) is 53.3 Å². The molecule has 0 saturated heterocycles. The highest BCUT2D eigenvalue weighted by atomic mass is 16.6. The van der Waals surface area contributed by atoms with Crippen LogP contribution < -0.4 is 5.32 Å². The molecule has 0 bridgehead atoms. The van der Waals surface area contributed by atoms with Crippen LogP contribution in [0.3, 0.4) is 0 Å². The molecule has 0 aliphatic carbocycles. The molecule has 21 heavy (non-hydrogen) atoms. The molecule has 0 spiro atoms. The van der Waals surface area contributed by atoms with Gasteiger partial charge >= 0.3 is 0 Å². The number of nitrogens with one attached hydrogen (secondary N) is 1. The molecule has 0 aliphatic heterocycles. The zero-order chi connectivity index (χ0) is 15.2. The zero-order valence-electron chi connectivity index (χ0n) is 13.1. The fourth-order valence-electron chi connectivity index (χ4n) is 1.62. The molecule has 1 rings (SSSR count). The molecule has 0 atom stereocenters. The summed E-state index contributed by atoms with van der Waals surface area (Å²) >= 11 is 0. The van der Waals surface area contributed by atoms with E-state index in [2.05, 4.69) is 12.2 Å². The van der Waals surface area contributed by atoms with Crippen LogP contribution >= 0.6 is 0 Å². The molecule has 0 amide bonds. The third kappa shape index (κ3) is 9.60. The Labute approximate surface area is 126 Å². The quantitative estimate of drug-likeness (QED) is 0.527. The van der Waals surface area contributed by atoms with Crippen LogP contribution in [0.4, 0.5) is 0 Å². The zero-order valence-corrected chi connectivity index (χ0v) is 13.1. The molecule has 0 aliphatic rings. The molecule has 0 aromatic carbocycles. The molecule has 0 fully saturated rings. The second kappa shape index (κ2) is 12.8. The summed E-state index contributed by atoms with van der Waals surface area (Å²) in [4.78, 5) is 0. The molecule has 6 nitrogen and oxygen atoms in total. The molecule has 0 saturated carbocycles. The molecule has 6 heteroatoms. The Kier molecular flexibility index (Phi) is 11.0. The summed E-state index contributed by atoms with van der Waals surface area (Å²) in [6, 6.07) is 2.01. The topological polar surface area (TPSA) is 62.1 Å². The third-order valence-corrected chi connectivity index (χ3v) is 2.71. The normalized spacial score (nSPS) is 11.1. The average Bonchev–Trinajstić information content (AvgIpc) is 2.95. The second-order valence-electron chi connectivity index (χ2n) is 4.47. The van der Waals surface area contributed by atoms with Crippen LogP contribution in [0.25, 0.3) is 0 Å². The summed E-state index contributed by atoms with van der Waals surface area (Å²) in [7, 11) is 1.65. The Bertz CT molecular complexity index is 343. The van der Waals surface area contributed by atoms with Gasteiger partial charge in [0, 0.05) is 19.2 Å². The van der Waals surface area contributed by atoms with Crippen molar-refractivity contribution in [2.24, 2.45) is 0 Å². The number of furan rings is 1. The van der Waals surface area contributed by atoms with Crippen LogP contribution in [0, 0.1) is 0 Å². The number of hydrogen-bond acceptors (Lipinski definition) is 6. The predicted octanol–water partition coefficient (Wildman–Crippen LogP) is 1.59. The minimum atomic E-state index is 0.472. The lowest BCUT2D eigenvalue weighted by Crippen LogP contribution is -2.11. The molecule has 122 valence electrons. The minimum absolute atomic E-state index is 0.472. The first-order chi connectivity index (χ1) is 10.4. The Balaban J connectivity index is 1.91. The van der Waals surface area contributed by atoms with E-state index >= 15 is 0 Å². The van der Waals surface area contributed by atoms with Crippen molar-refractivity contribution >= 4 is 0 Å². The van der Waals surface area contributed by atoms with Gasteiger partial charge in [0.25, 0.3) is 0 Å². The van der Waals surface area contributed by atoms with Gasteiger partial charge in [0.2, 0.25) is 0 Å². The van der Waals surface area contributed by atoms with Gasteiger partial charge in [-0.2, -0.15) is 0 Å². The standard InChI is InChI=1S/C15H27NO5/c1-3-16-11-14-10-15(21-12-14)13-20-9-8-19-7-6-18-5-4-17-2/h10,12,16H,3-9,11,13H2,1-2H3. The lowest BCUT2D eigenvalue weighted by Gasteiger charge is -2.05. The van der Waals surface area contributed by atoms with Crippen molar-refractivity contribution in [2.75, 3.05) is 53.3 Å². The van der Waals surface area contributed by atoms with Gasteiger partial charge in [-0.05, 0) is 12.6 Å². The van der Waals surface area contributed by atoms with Crippen LogP contribution in [0.15, 0.2) is 16.7 Å². The fraction of sp³-hybridized carbons (Fsp3) is 0.733. The first kappa shape index (κ1) is 18.1. The van der Waals surface area contributed by atoms with Gasteiger partial charge in [0.1, 0.15) is 12.4 Å². The summed E-state index contributed by atoms with van der Waals surface area (Å²) in [5.41, 5.74) is 1.14. The van der Waals surface area contributed by atoms with Gasteiger partial charge in [-0.3, -0.25) is 0 Å². The highest BCUT2D eigenvalue weighted by molar-refractivity contribution is 5.11. The largest absolute Gasteiger partial charge is 0.467 e. The molecule has 1 N–H and O–H groups in total. The summed E-state index contributed by atoms with van der Waals surface area (Å²) in [6.07, 6.45) is 1.76. The molecular weight excluding hydrogens is 274 g/mol. The van der Waals surface area contributed by atoms with Crippen molar-refractivity contribution in [1.82, 2.24) is 5.32 Å². The molecule has 1 aromatic rings. The first-order valence-electron chi connectivity index (χ1n) is 7.36. The maximum absolute atomic E-state index is 5.48. The van der Waals surface area contributed by atoms with Gasteiger partial charge in [-0.15, -0.1) is 0 Å². The summed E-state index contributed by atoms with van der Waals surface area (Å²) in [5.74, 6) is 0.839. The number of methoxy groups -OCH3 is 1. The maximum atomic E-state index is 5.48. The fourth-order valence-corrected chi connectivity index (χ4v) is 1.62. The smallest absolute Gasteiger partial charge is 0.129 e. The molecule has 1 aromatic heterocycles. The number of ether oxygens (including phenoxy) is 4. The van der Waals surface area contributed by atoms with E-state index in [1.54, 1.807) is 13.4 Å². The van der Waals surface area contributed by atoms with Crippen LogP contribution in [-0.2, 0) is 32.1 Å². The highest BCUT2D eigenvalue weighted by Crippen LogP contribution is 2.08. The Hall–Kier alpha value is -0.920. The monoisotopic (exact) mass is 301 g/mol. The van der Waals surface area contributed by atoms with E-state index in [4.69, 9.17) is 23.4 Å². The van der Waals surface area contributed by atoms with E-state index in [9.17, 15) is 0 Å². The molecule has 0 radical (unpaired) electrons. The van der Waals surface area contributed by atoms with Crippen molar-refractivity contribution in [2.45, 2.75) is 20.1 Å².